The zero-order valence-electron chi connectivity index (χ0n) is 16.6. The Kier molecular flexibility index (Phi) is 6.72. The summed E-state index contributed by atoms with van der Waals surface area (Å²) in [6.07, 6.45) is 1.79. The van der Waals surface area contributed by atoms with E-state index in [0.717, 1.165) is 39.0 Å². The lowest BCUT2D eigenvalue weighted by atomic mass is 10.2. The molecular formula is C21H32N4O2. The van der Waals surface area contributed by atoms with E-state index in [9.17, 15) is 9.59 Å². The first-order valence-corrected chi connectivity index (χ1v) is 10.1. The quantitative estimate of drug-likeness (QED) is 0.862. The highest BCUT2D eigenvalue weighted by Gasteiger charge is 2.36. The van der Waals surface area contributed by atoms with Crippen LogP contribution in [-0.2, 0) is 11.3 Å². The molecule has 0 bridgehead atoms. The van der Waals surface area contributed by atoms with E-state index >= 15 is 0 Å². The Hall–Kier alpha value is -2.08. The summed E-state index contributed by atoms with van der Waals surface area (Å²) in [6.45, 7) is 9.49. The number of hydrogen-bond acceptors (Lipinski definition) is 3. The molecule has 3 rings (SSSR count). The monoisotopic (exact) mass is 372 g/mol. The van der Waals surface area contributed by atoms with Crippen LogP contribution in [0.15, 0.2) is 30.3 Å². The van der Waals surface area contributed by atoms with Gasteiger partial charge in [0.2, 0.25) is 5.91 Å². The fraction of sp³-hybridized carbons (Fsp3) is 0.619. The van der Waals surface area contributed by atoms with E-state index in [4.69, 9.17) is 0 Å². The van der Waals surface area contributed by atoms with Gasteiger partial charge in [0.1, 0.15) is 0 Å². The fourth-order valence-corrected chi connectivity index (χ4v) is 3.88. The summed E-state index contributed by atoms with van der Waals surface area (Å²) in [6, 6.07) is 10.2. The van der Waals surface area contributed by atoms with Crippen LogP contribution in [0.1, 0.15) is 32.3 Å². The van der Waals surface area contributed by atoms with Crippen LogP contribution in [-0.4, -0.2) is 71.9 Å². The lowest BCUT2D eigenvalue weighted by Gasteiger charge is -2.27. The molecule has 2 fully saturated rings. The van der Waals surface area contributed by atoms with E-state index in [-0.39, 0.29) is 18.0 Å². The van der Waals surface area contributed by atoms with Crippen molar-refractivity contribution in [1.29, 1.82) is 0 Å². The molecule has 2 saturated heterocycles. The van der Waals surface area contributed by atoms with Crippen LogP contribution in [0.5, 0.6) is 0 Å². The fourth-order valence-electron chi connectivity index (χ4n) is 3.88. The molecule has 1 N–H and O–H groups in total. The highest BCUT2D eigenvalue weighted by atomic mass is 16.2. The predicted octanol–water partition coefficient (Wildman–Crippen LogP) is 2.16. The zero-order chi connectivity index (χ0) is 19.2. The van der Waals surface area contributed by atoms with E-state index in [2.05, 4.69) is 36.2 Å². The van der Waals surface area contributed by atoms with Crippen LogP contribution >= 0.6 is 0 Å². The molecule has 0 unspecified atom stereocenters. The number of amides is 3. The second-order valence-corrected chi connectivity index (χ2v) is 8.01. The highest BCUT2D eigenvalue weighted by molar-refractivity contribution is 5.84. The van der Waals surface area contributed by atoms with Crippen molar-refractivity contribution in [3.8, 4) is 0 Å². The normalized spacial score (nSPS) is 21.6. The summed E-state index contributed by atoms with van der Waals surface area (Å²) < 4.78 is 0. The van der Waals surface area contributed by atoms with Gasteiger partial charge in [0.05, 0.1) is 6.04 Å². The molecular weight excluding hydrogens is 340 g/mol. The molecule has 2 aliphatic rings. The summed E-state index contributed by atoms with van der Waals surface area (Å²) in [5, 5.41) is 3.00. The van der Waals surface area contributed by atoms with Gasteiger partial charge in [-0.15, -0.1) is 0 Å². The number of nitrogens with zero attached hydrogens (tertiary/aromatic N) is 3. The van der Waals surface area contributed by atoms with E-state index in [1.807, 2.05) is 28.0 Å². The minimum absolute atomic E-state index is 0.0222. The van der Waals surface area contributed by atoms with Crippen LogP contribution < -0.4 is 5.32 Å². The van der Waals surface area contributed by atoms with Crippen LogP contribution in [0.3, 0.4) is 0 Å². The van der Waals surface area contributed by atoms with Gasteiger partial charge in [-0.25, -0.2) is 4.79 Å². The van der Waals surface area contributed by atoms with Gasteiger partial charge in [0, 0.05) is 45.8 Å². The molecule has 2 aliphatic heterocycles. The third-order valence-electron chi connectivity index (χ3n) is 5.41. The van der Waals surface area contributed by atoms with Gasteiger partial charge in [-0.1, -0.05) is 44.2 Å². The number of rotatable bonds is 5. The Morgan fingerprint density at radius 2 is 1.89 bits per heavy atom. The van der Waals surface area contributed by atoms with Gasteiger partial charge in [-0.05, 0) is 24.3 Å². The van der Waals surface area contributed by atoms with Gasteiger partial charge in [0.15, 0.2) is 0 Å². The van der Waals surface area contributed by atoms with Crippen LogP contribution in [0.2, 0.25) is 0 Å². The van der Waals surface area contributed by atoms with E-state index in [1.54, 1.807) is 0 Å². The molecule has 3 amide bonds. The van der Waals surface area contributed by atoms with E-state index < -0.39 is 0 Å². The topological polar surface area (TPSA) is 55.9 Å². The maximum atomic E-state index is 12.9. The van der Waals surface area contributed by atoms with Crippen molar-refractivity contribution >= 4 is 11.9 Å². The van der Waals surface area contributed by atoms with Crippen LogP contribution in [0.4, 0.5) is 4.79 Å². The van der Waals surface area contributed by atoms with E-state index in [0.29, 0.717) is 25.6 Å². The molecule has 0 spiro atoms. The molecule has 1 aromatic carbocycles. The average molecular weight is 373 g/mol. The predicted molar refractivity (Wildman–Crippen MR) is 106 cm³/mol. The van der Waals surface area contributed by atoms with Gasteiger partial charge in [0.25, 0.3) is 0 Å². The van der Waals surface area contributed by atoms with Crippen LogP contribution in [0, 0.1) is 5.92 Å². The molecule has 0 aromatic heterocycles. The lowest BCUT2D eigenvalue weighted by molar-refractivity contribution is -0.132. The standard InChI is InChI=1S/C21H32N4O2/c1-17(2)15-22-21(27)24-11-6-10-23(13-14-24)19-9-12-25(20(19)26)16-18-7-4-3-5-8-18/h3-5,7-8,17,19H,6,9-16H2,1-2H3,(H,22,27)/t19-/m1/s1. The Balaban J connectivity index is 1.52. The zero-order valence-corrected chi connectivity index (χ0v) is 16.6. The number of likely N-dealkylation sites (tertiary alicyclic amines) is 1. The van der Waals surface area contributed by atoms with Gasteiger partial charge >= 0.3 is 6.03 Å². The molecule has 1 aromatic rings. The molecule has 27 heavy (non-hydrogen) atoms. The summed E-state index contributed by atoms with van der Waals surface area (Å²) in [4.78, 5) is 31.4. The molecule has 148 valence electrons. The average Bonchev–Trinajstić information content (AvgIpc) is 2.87. The number of carbonyl (C=O) groups excluding carboxylic acids is 2. The first-order chi connectivity index (χ1) is 13.0. The third-order valence-corrected chi connectivity index (χ3v) is 5.41. The first kappa shape index (κ1) is 19.7. The van der Waals surface area contributed by atoms with Crippen LogP contribution in [0.25, 0.3) is 0 Å². The summed E-state index contributed by atoms with van der Waals surface area (Å²) in [5.41, 5.74) is 1.18. The number of nitrogens with one attached hydrogen (secondary N) is 1. The Morgan fingerprint density at radius 3 is 2.63 bits per heavy atom. The molecule has 2 heterocycles. The Bertz CT molecular complexity index is 634. The molecule has 6 nitrogen and oxygen atoms in total. The number of carbonyl (C=O) groups is 2. The van der Waals surface area contributed by atoms with Crippen molar-refractivity contribution in [1.82, 2.24) is 20.0 Å². The summed E-state index contributed by atoms with van der Waals surface area (Å²) in [7, 11) is 0. The van der Waals surface area contributed by atoms with Crippen molar-refractivity contribution in [2.24, 2.45) is 5.92 Å². The lowest BCUT2D eigenvalue weighted by Crippen LogP contribution is -2.45. The van der Waals surface area contributed by atoms with Crippen molar-refractivity contribution in [2.45, 2.75) is 39.3 Å². The minimum atomic E-state index is -0.0348. The van der Waals surface area contributed by atoms with Gasteiger partial charge in [-0.2, -0.15) is 0 Å². The molecule has 6 heteroatoms. The first-order valence-electron chi connectivity index (χ1n) is 10.1. The van der Waals surface area contributed by atoms with Crippen molar-refractivity contribution in [2.75, 3.05) is 39.3 Å². The largest absolute Gasteiger partial charge is 0.338 e. The van der Waals surface area contributed by atoms with Gasteiger partial charge in [-0.3, -0.25) is 9.69 Å². The van der Waals surface area contributed by atoms with E-state index in [1.165, 1.54) is 5.56 Å². The second-order valence-electron chi connectivity index (χ2n) is 8.01. The smallest absolute Gasteiger partial charge is 0.317 e. The summed E-state index contributed by atoms with van der Waals surface area (Å²) >= 11 is 0. The molecule has 0 radical (unpaired) electrons. The van der Waals surface area contributed by atoms with Gasteiger partial charge < -0.3 is 15.1 Å². The third kappa shape index (κ3) is 5.22. The minimum Gasteiger partial charge on any atom is -0.338 e. The highest BCUT2D eigenvalue weighted by Crippen LogP contribution is 2.21. The molecule has 1 atom stereocenters. The maximum absolute atomic E-state index is 12.9. The van der Waals surface area contributed by atoms with Crippen molar-refractivity contribution in [3.05, 3.63) is 35.9 Å². The second kappa shape index (κ2) is 9.22. The number of urea groups is 1. The molecule has 0 aliphatic carbocycles. The number of benzene rings is 1. The summed E-state index contributed by atoms with van der Waals surface area (Å²) in [5.74, 6) is 0.681. The maximum Gasteiger partial charge on any atom is 0.317 e. The number of hydrogen-bond donors (Lipinski definition) is 1. The Morgan fingerprint density at radius 1 is 1.11 bits per heavy atom. The molecule has 0 saturated carbocycles. The SMILES string of the molecule is CC(C)CNC(=O)N1CCCN([C@@H]2CCN(Cc3ccccc3)C2=O)CC1. The van der Waals surface area contributed by atoms with Crippen molar-refractivity contribution < 1.29 is 9.59 Å². The Labute approximate surface area is 162 Å². The van der Waals surface area contributed by atoms with Crippen molar-refractivity contribution in [3.63, 3.8) is 0 Å².